The number of methoxy groups -OCH3 is 1. The smallest absolute Gasteiger partial charge is 0.282 e. The number of aromatic nitrogens is 2. The lowest BCUT2D eigenvalue weighted by molar-refractivity contribution is 0.284. The SMILES string of the molecule is CCCCc1nc2ccc(Br)cc2c(=O)n1N=Cc1cc(Cl)c(OCc2ccc(Cl)cc2)c(OC)c1. The van der Waals surface area contributed by atoms with Crippen LogP contribution in [-0.2, 0) is 13.0 Å². The van der Waals surface area contributed by atoms with Crippen molar-refractivity contribution in [3.63, 3.8) is 0 Å². The average Bonchev–Trinajstić information content (AvgIpc) is 2.87. The molecule has 3 aromatic carbocycles. The van der Waals surface area contributed by atoms with Crippen molar-refractivity contribution in [3.8, 4) is 11.5 Å². The number of nitrogens with zero attached hydrogens (tertiary/aromatic N) is 3. The Morgan fingerprint density at radius 3 is 2.61 bits per heavy atom. The molecule has 0 N–H and O–H groups in total. The topological polar surface area (TPSA) is 65.7 Å². The molecule has 0 spiro atoms. The van der Waals surface area contributed by atoms with Crippen molar-refractivity contribution in [2.75, 3.05) is 7.11 Å². The zero-order chi connectivity index (χ0) is 25.7. The molecule has 6 nitrogen and oxygen atoms in total. The number of hydrogen-bond acceptors (Lipinski definition) is 5. The predicted octanol–water partition coefficient (Wildman–Crippen LogP) is 7.28. The lowest BCUT2D eigenvalue weighted by Crippen LogP contribution is -2.22. The highest BCUT2D eigenvalue weighted by molar-refractivity contribution is 9.10. The van der Waals surface area contributed by atoms with Crippen LogP contribution in [0.5, 0.6) is 11.5 Å². The molecule has 0 amide bonds. The number of fused-ring (bicyclic) bond motifs is 1. The molecular formula is C27H24BrCl2N3O3. The van der Waals surface area contributed by atoms with E-state index in [2.05, 4.69) is 28.0 Å². The zero-order valence-electron chi connectivity index (χ0n) is 19.8. The Balaban J connectivity index is 1.66. The van der Waals surface area contributed by atoms with Crippen LogP contribution >= 0.6 is 39.1 Å². The van der Waals surface area contributed by atoms with Crippen molar-refractivity contribution >= 4 is 56.2 Å². The largest absolute Gasteiger partial charge is 0.493 e. The Morgan fingerprint density at radius 2 is 1.89 bits per heavy atom. The first-order chi connectivity index (χ1) is 17.4. The minimum atomic E-state index is -0.232. The van der Waals surface area contributed by atoms with Crippen LogP contribution in [0.3, 0.4) is 0 Å². The van der Waals surface area contributed by atoms with Crippen LogP contribution in [0.15, 0.2) is 69.0 Å². The van der Waals surface area contributed by atoms with Crippen LogP contribution in [0.25, 0.3) is 10.9 Å². The summed E-state index contributed by atoms with van der Waals surface area (Å²) in [6.45, 7) is 2.39. The number of rotatable bonds is 9. The summed E-state index contributed by atoms with van der Waals surface area (Å²) in [6.07, 6.45) is 4.07. The molecule has 0 unspecified atom stereocenters. The van der Waals surface area contributed by atoms with Gasteiger partial charge in [-0.05, 0) is 60.0 Å². The summed E-state index contributed by atoms with van der Waals surface area (Å²) in [5.41, 5.74) is 2.01. The highest BCUT2D eigenvalue weighted by atomic mass is 79.9. The first kappa shape index (κ1) is 26.2. The van der Waals surface area contributed by atoms with E-state index in [0.717, 1.165) is 22.9 Å². The van der Waals surface area contributed by atoms with Crippen molar-refractivity contribution < 1.29 is 9.47 Å². The summed E-state index contributed by atoms with van der Waals surface area (Å²) >= 11 is 15.9. The van der Waals surface area contributed by atoms with E-state index in [1.807, 2.05) is 24.3 Å². The molecule has 1 heterocycles. The van der Waals surface area contributed by atoms with Gasteiger partial charge in [0, 0.05) is 15.9 Å². The third-order valence-corrected chi connectivity index (χ3v) is 6.53. The van der Waals surface area contributed by atoms with Gasteiger partial charge >= 0.3 is 0 Å². The number of hydrogen-bond donors (Lipinski definition) is 0. The van der Waals surface area contributed by atoms with Gasteiger partial charge in [0.05, 0.1) is 29.2 Å². The lowest BCUT2D eigenvalue weighted by Gasteiger charge is -2.13. The number of benzene rings is 3. The number of ether oxygens (including phenoxy) is 2. The molecule has 186 valence electrons. The Bertz CT molecular complexity index is 1470. The summed E-state index contributed by atoms with van der Waals surface area (Å²) in [4.78, 5) is 18.0. The summed E-state index contributed by atoms with van der Waals surface area (Å²) in [5, 5.41) is 6.00. The summed E-state index contributed by atoms with van der Waals surface area (Å²) in [5.74, 6) is 1.48. The van der Waals surface area contributed by atoms with Crippen molar-refractivity contribution in [3.05, 3.63) is 96.4 Å². The second-order valence-corrected chi connectivity index (χ2v) is 9.86. The van der Waals surface area contributed by atoms with Gasteiger partial charge in [-0.25, -0.2) is 4.98 Å². The molecule has 0 aliphatic carbocycles. The van der Waals surface area contributed by atoms with Crippen LogP contribution in [0.1, 0.15) is 36.7 Å². The Hall–Kier alpha value is -2.87. The fourth-order valence-electron chi connectivity index (χ4n) is 3.63. The predicted molar refractivity (Wildman–Crippen MR) is 149 cm³/mol. The standard InChI is InChI=1S/C27H24BrCl2N3O3/c1-3-4-5-25-32-23-11-8-19(28)14-21(23)27(34)33(25)31-15-18-12-22(30)26(24(13-18)35-2)36-16-17-6-9-20(29)10-7-17/h6-15H,3-5,16H2,1-2H3. The van der Waals surface area contributed by atoms with E-state index in [9.17, 15) is 4.79 Å². The molecule has 4 aromatic rings. The molecule has 0 bridgehead atoms. The van der Waals surface area contributed by atoms with E-state index in [0.29, 0.717) is 56.9 Å². The number of unbranched alkanes of at least 4 members (excludes halogenated alkanes) is 1. The molecule has 0 saturated heterocycles. The molecule has 1 aromatic heterocycles. The van der Waals surface area contributed by atoms with Crippen molar-refractivity contribution in [2.24, 2.45) is 5.10 Å². The van der Waals surface area contributed by atoms with Crippen LogP contribution in [0, 0.1) is 0 Å². The first-order valence-corrected chi connectivity index (χ1v) is 12.9. The summed E-state index contributed by atoms with van der Waals surface area (Å²) in [7, 11) is 1.54. The monoisotopic (exact) mass is 587 g/mol. The lowest BCUT2D eigenvalue weighted by atomic mass is 10.2. The van der Waals surface area contributed by atoms with E-state index >= 15 is 0 Å². The van der Waals surface area contributed by atoms with Crippen LogP contribution in [0.4, 0.5) is 0 Å². The second-order valence-electron chi connectivity index (χ2n) is 8.10. The van der Waals surface area contributed by atoms with Crippen molar-refractivity contribution in [1.82, 2.24) is 9.66 Å². The van der Waals surface area contributed by atoms with Crippen LogP contribution < -0.4 is 15.0 Å². The van der Waals surface area contributed by atoms with E-state index in [1.165, 1.54) is 4.68 Å². The van der Waals surface area contributed by atoms with Gasteiger partial charge in [0.2, 0.25) is 0 Å². The quantitative estimate of drug-likeness (QED) is 0.193. The van der Waals surface area contributed by atoms with Gasteiger partial charge in [-0.2, -0.15) is 9.78 Å². The maximum Gasteiger partial charge on any atom is 0.282 e. The van der Waals surface area contributed by atoms with Crippen molar-refractivity contribution in [1.29, 1.82) is 0 Å². The zero-order valence-corrected chi connectivity index (χ0v) is 22.9. The third-order valence-electron chi connectivity index (χ3n) is 5.50. The molecule has 0 aliphatic rings. The fraction of sp³-hybridized carbons (Fsp3) is 0.222. The second kappa shape index (κ2) is 11.9. The molecule has 9 heteroatoms. The van der Waals surface area contributed by atoms with Crippen LogP contribution in [0.2, 0.25) is 10.0 Å². The molecule has 36 heavy (non-hydrogen) atoms. The molecule has 0 saturated carbocycles. The number of halogens is 3. The summed E-state index contributed by atoms with van der Waals surface area (Å²) in [6, 6.07) is 16.3. The Labute approximate surface area is 227 Å². The van der Waals surface area contributed by atoms with Gasteiger partial charge in [0.25, 0.3) is 5.56 Å². The van der Waals surface area contributed by atoms with Gasteiger partial charge in [0.1, 0.15) is 12.4 Å². The highest BCUT2D eigenvalue weighted by Crippen LogP contribution is 2.36. The van der Waals surface area contributed by atoms with E-state index in [4.69, 9.17) is 37.7 Å². The average molecular weight is 589 g/mol. The number of aryl methyl sites for hydroxylation is 1. The molecule has 0 fully saturated rings. The Kier molecular flexibility index (Phi) is 8.67. The van der Waals surface area contributed by atoms with Gasteiger partial charge < -0.3 is 9.47 Å². The minimum absolute atomic E-state index is 0.232. The van der Waals surface area contributed by atoms with Gasteiger partial charge in [-0.15, -0.1) is 0 Å². The molecule has 0 atom stereocenters. The van der Waals surface area contributed by atoms with Gasteiger partial charge in [-0.3, -0.25) is 4.79 Å². The molecular weight excluding hydrogens is 565 g/mol. The Morgan fingerprint density at radius 1 is 1.11 bits per heavy atom. The maximum atomic E-state index is 13.3. The van der Waals surface area contributed by atoms with Crippen molar-refractivity contribution in [2.45, 2.75) is 32.8 Å². The van der Waals surface area contributed by atoms with E-state index in [-0.39, 0.29) is 5.56 Å². The van der Waals surface area contributed by atoms with E-state index < -0.39 is 0 Å². The van der Waals surface area contributed by atoms with E-state index in [1.54, 1.807) is 43.7 Å². The maximum absolute atomic E-state index is 13.3. The van der Waals surface area contributed by atoms with Gasteiger partial charge in [0.15, 0.2) is 11.5 Å². The van der Waals surface area contributed by atoms with Gasteiger partial charge in [-0.1, -0.05) is 64.6 Å². The first-order valence-electron chi connectivity index (χ1n) is 11.4. The minimum Gasteiger partial charge on any atom is -0.493 e. The third kappa shape index (κ3) is 6.09. The normalized spacial score (nSPS) is 11.4. The molecule has 0 radical (unpaired) electrons. The van der Waals surface area contributed by atoms with Crippen LogP contribution in [-0.4, -0.2) is 23.0 Å². The highest BCUT2D eigenvalue weighted by Gasteiger charge is 2.14. The summed E-state index contributed by atoms with van der Waals surface area (Å²) < 4.78 is 13.6. The molecule has 4 rings (SSSR count). The fourth-order valence-corrected chi connectivity index (χ4v) is 4.39. The molecule has 0 aliphatic heterocycles.